The third-order valence-electron chi connectivity index (χ3n) is 5.64. The molecule has 5 rings (SSSR count). The molecule has 0 aliphatic carbocycles. The van der Waals surface area contributed by atoms with Crippen LogP contribution in [-0.2, 0) is 14.2 Å². The van der Waals surface area contributed by atoms with Crippen LogP contribution < -0.4 is 0 Å². The van der Waals surface area contributed by atoms with Crippen LogP contribution in [-0.4, -0.2) is 51.5 Å². The highest BCUT2D eigenvalue weighted by Crippen LogP contribution is 2.37. The molecule has 4 atom stereocenters. The van der Waals surface area contributed by atoms with Crippen molar-refractivity contribution in [3.63, 3.8) is 0 Å². The van der Waals surface area contributed by atoms with Gasteiger partial charge in [-0.25, -0.2) is 23.9 Å². The second-order valence-corrected chi connectivity index (χ2v) is 8.19. The van der Waals surface area contributed by atoms with Crippen molar-refractivity contribution in [1.82, 2.24) is 14.5 Å². The zero-order valence-electron chi connectivity index (χ0n) is 18.2. The molecule has 178 valence electrons. The summed E-state index contributed by atoms with van der Waals surface area (Å²) in [7, 11) is 0. The molecule has 4 aromatic rings. The molecule has 1 fully saturated rings. The van der Waals surface area contributed by atoms with Gasteiger partial charge in [0.05, 0.1) is 16.5 Å². The van der Waals surface area contributed by atoms with Crippen LogP contribution in [0.1, 0.15) is 26.9 Å². The van der Waals surface area contributed by atoms with Gasteiger partial charge in [-0.2, -0.15) is 0 Å². The molecule has 0 bridgehead atoms. The van der Waals surface area contributed by atoms with Gasteiger partial charge in [-0.1, -0.05) is 48.0 Å². The predicted octanol–water partition coefficient (Wildman–Crippen LogP) is 4.40. The number of alkyl halides is 1. The summed E-state index contributed by atoms with van der Waals surface area (Å²) < 4.78 is 34.1. The smallest absolute Gasteiger partial charge is 0.338 e. The highest BCUT2D eigenvalue weighted by molar-refractivity contribution is 6.33. The number of hydrogen-bond donors (Lipinski definition) is 0. The lowest BCUT2D eigenvalue weighted by molar-refractivity contribution is -0.0568. The lowest BCUT2D eigenvalue weighted by Crippen LogP contribution is -2.37. The summed E-state index contributed by atoms with van der Waals surface area (Å²) in [6, 6.07) is 18.2. The number of benzene rings is 2. The third-order valence-corrected chi connectivity index (χ3v) is 5.94. The van der Waals surface area contributed by atoms with Crippen LogP contribution in [0.2, 0.25) is 5.15 Å². The lowest BCUT2D eigenvalue weighted by atomic mass is 10.1. The number of esters is 2. The van der Waals surface area contributed by atoms with Crippen molar-refractivity contribution in [2.45, 2.75) is 24.6 Å². The molecule has 2 aromatic carbocycles. The maximum absolute atomic E-state index is 15.8. The Labute approximate surface area is 204 Å². The molecule has 0 amide bonds. The highest BCUT2D eigenvalue weighted by atomic mass is 35.5. The lowest BCUT2D eigenvalue weighted by Gasteiger charge is -2.19. The molecule has 35 heavy (non-hydrogen) atoms. The number of rotatable bonds is 6. The molecule has 0 N–H and O–H groups in total. The number of nitrogens with zero attached hydrogens (tertiary/aromatic N) is 3. The number of carbonyl (C=O) groups excluding carboxylic acids is 2. The van der Waals surface area contributed by atoms with E-state index in [9.17, 15) is 9.59 Å². The second-order valence-electron chi connectivity index (χ2n) is 7.83. The van der Waals surface area contributed by atoms with E-state index in [4.69, 9.17) is 25.8 Å². The first-order chi connectivity index (χ1) is 17.0. The van der Waals surface area contributed by atoms with Crippen molar-refractivity contribution in [1.29, 1.82) is 0 Å². The molecule has 0 spiro atoms. The molecule has 1 saturated heterocycles. The fourth-order valence-electron chi connectivity index (χ4n) is 3.92. The van der Waals surface area contributed by atoms with Crippen molar-refractivity contribution >= 4 is 34.6 Å². The normalized spacial score (nSPS) is 21.7. The van der Waals surface area contributed by atoms with Gasteiger partial charge in [0.25, 0.3) is 0 Å². The number of ether oxygens (including phenoxy) is 3. The Kier molecular flexibility index (Phi) is 6.43. The largest absolute Gasteiger partial charge is 0.459 e. The number of aromatic nitrogens is 3. The number of carbonyl (C=O) groups is 2. The molecule has 1 aliphatic heterocycles. The SMILES string of the molecule is O=C(OC[C@H]1O[C@H](n2ccc3c(Cl)ncnc32)[C@@H](F)[C@@H]1OC(=O)c1ccccc1)c1ccccc1. The van der Waals surface area contributed by atoms with Gasteiger partial charge in [0.2, 0.25) is 0 Å². The number of hydrogen-bond acceptors (Lipinski definition) is 7. The van der Waals surface area contributed by atoms with Crippen LogP contribution in [0.15, 0.2) is 79.3 Å². The van der Waals surface area contributed by atoms with E-state index in [1.165, 1.54) is 10.9 Å². The minimum Gasteiger partial charge on any atom is -0.459 e. The van der Waals surface area contributed by atoms with Crippen molar-refractivity contribution in [2.75, 3.05) is 6.61 Å². The van der Waals surface area contributed by atoms with Crippen molar-refractivity contribution in [2.24, 2.45) is 0 Å². The molecule has 10 heteroatoms. The topological polar surface area (TPSA) is 92.5 Å². The molecule has 0 unspecified atom stereocenters. The molecule has 0 radical (unpaired) electrons. The van der Waals surface area contributed by atoms with Gasteiger partial charge in [0.15, 0.2) is 18.5 Å². The molecule has 1 aliphatic rings. The predicted molar refractivity (Wildman–Crippen MR) is 124 cm³/mol. The summed E-state index contributed by atoms with van der Waals surface area (Å²) in [6.07, 6.45) is -2.57. The summed E-state index contributed by atoms with van der Waals surface area (Å²) in [4.78, 5) is 33.3. The van der Waals surface area contributed by atoms with Gasteiger partial charge in [0.1, 0.15) is 29.8 Å². The molecular formula is C25H19ClFN3O5. The van der Waals surface area contributed by atoms with E-state index in [0.717, 1.165) is 0 Å². The monoisotopic (exact) mass is 495 g/mol. The van der Waals surface area contributed by atoms with Gasteiger partial charge in [-0.15, -0.1) is 0 Å². The maximum Gasteiger partial charge on any atom is 0.338 e. The Morgan fingerprint density at radius 2 is 1.63 bits per heavy atom. The van der Waals surface area contributed by atoms with Gasteiger partial charge in [0, 0.05) is 6.20 Å². The molecule has 3 heterocycles. The van der Waals surface area contributed by atoms with Crippen LogP contribution in [0.5, 0.6) is 0 Å². The van der Waals surface area contributed by atoms with Crippen LogP contribution in [0.3, 0.4) is 0 Å². The molecular weight excluding hydrogens is 477 g/mol. The minimum atomic E-state index is -1.78. The quantitative estimate of drug-likeness (QED) is 0.289. The summed E-state index contributed by atoms with van der Waals surface area (Å²) in [5, 5.41) is 0.726. The highest BCUT2D eigenvalue weighted by Gasteiger charge is 2.49. The van der Waals surface area contributed by atoms with Crippen LogP contribution >= 0.6 is 11.6 Å². The van der Waals surface area contributed by atoms with Crippen molar-refractivity contribution in [3.8, 4) is 0 Å². The average Bonchev–Trinajstić information content (AvgIpc) is 3.45. The Bertz CT molecular complexity index is 1350. The summed E-state index contributed by atoms with van der Waals surface area (Å²) in [6.45, 7) is -0.327. The Hall–Kier alpha value is -3.82. The third kappa shape index (κ3) is 4.60. The molecule has 8 nitrogen and oxygen atoms in total. The zero-order chi connectivity index (χ0) is 24.4. The summed E-state index contributed by atoms with van der Waals surface area (Å²) in [5.74, 6) is -1.32. The Morgan fingerprint density at radius 3 is 2.31 bits per heavy atom. The van der Waals surface area contributed by atoms with E-state index >= 15 is 4.39 Å². The van der Waals surface area contributed by atoms with Crippen molar-refractivity contribution < 1.29 is 28.2 Å². The first kappa shape index (κ1) is 22.9. The average molecular weight is 496 g/mol. The Balaban J connectivity index is 1.40. The Morgan fingerprint density at radius 1 is 0.971 bits per heavy atom. The van der Waals surface area contributed by atoms with Gasteiger partial charge in [-0.05, 0) is 30.3 Å². The fourth-order valence-corrected chi connectivity index (χ4v) is 4.11. The van der Waals surface area contributed by atoms with Gasteiger partial charge >= 0.3 is 11.9 Å². The van der Waals surface area contributed by atoms with E-state index in [1.807, 2.05) is 0 Å². The van der Waals surface area contributed by atoms with Crippen molar-refractivity contribution in [3.05, 3.63) is 95.5 Å². The standard InChI is InChI=1S/C25H19ClFN3O5/c26-21-17-11-12-30(22(17)29-14-28-21)23-19(27)20(35-25(32)16-9-5-2-6-10-16)18(34-23)13-33-24(31)15-7-3-1-4-8-15/h1-12,14,18-20,23H,13H2/t18-,19+,20-,23+/m1/s1. The summed E-state index contributed by atoms with van der Waals surface area (Å²) in [5.41, 5.74) is 0.946. The number of fused-ring (bicyclic) bond motifs is 1. The van der Waals surface area contributed by atoms with E-state index < -0.39 is 36.5 Å². The first-order valence-electron chi connectivity index (χ1n) is 10.8. The van der Waals surface area contributed by atoms with E-state index in [1.54, 1.807) is 72.9 Å². The first-order valence-corrected chi connectivity index (χ1v) is 11.2. The van der Waals surface area contributed by atoms with Crippen LogP contribution in [0.25, 0.3) is 11.0 Å². The van der Waals surface area contributed by atoms with Crippen LogP contribution in [0, 0.1) is 0 Å². The van der Waals surface area contributed by atoms with Crippen LogP contribution in [0.4, 0.5) is 4.39 Å². The molecule has 0 saturated carbocycles. The van der Waals surface area contributed by atoms with E-state index in [2.05, 4.69) is 9.97 Å². The van der Waals surface area contributed by atoms with E-state index in [0.29, 0.717) is 16.6 Å². The van der Waals surface area contributed by atoms with Gasteiger partial charge in [-0.3, -0.25) is 0 Å². The maximum atomic E-state index is 15.8. The summed E-state index contributed by atoms with van der Waals surface area (Å²) >= 11 is 6.12. The minimum absolute atomic E-state index is 0.211. The zero-order valence-corrected chi connectivity index (χ0v) is 18.9. The fraction of sp³-hybridized carbons (Fsp3) is 0.200. The number of halogens is 2. The van der Waals surface area contributed by atoms with Gasteiger partial charge < -0.3 is 18.8 Å². The molecule has 2 aromatic heterocycles. The second kappa shape index (κ2) is 9.81. The van der Waals surface area contributed by atoms with E-state index in [-0.39, 0.29) is 17.3 Å².